The summed E-state index contributed by atoms with van der Waals surface area (Å²) >= 11 is 0. The number of primary amides is 1. The molecule has 5 unspecified atom stereocenters. The van der Waals surface area contributed by atoms with Crippen LogP contribution in [0.4, 0.5) is 0 Å². The molecule has 7 heteroatoms. The van der Waals surface area contributed by atoms with Gasteiger partial charge < -0.3 is 24.7 Å². The van der Waals surface area contributed by atoms with Gasteiger partial charge in [-0.05, 0) is 17.7 Å². The molecule has 3 aliphatic heterocycles. The highest BCUT2D eigenvalue weighted by molar-refractivity contribution is 6.06. The van der Waals surface area contributed by atoms with Crippen molar-refractivity contribution in [2.75, 3.05) is 7.11 Å². The Balaban J connectivity index is 1.63. The SMILES string of the molecule is COC(=O)C1=C(C(N)=O)C2OC1(C(Cc1ccccc1)Oc1ccccc1)C1OC21. The van der Waals surface area contributed by atoms with E-state index in [2.05, 4.69) is 0 Å². The van der Waals surface area contributed by atoms with Gasteiger partial charge >= 0.3 is 5.97 Å². The Hall–Kier alpha value is -3.16. The molecule has 0 aromatic heterocycles. The fraction of sp³-hybridized carbons (Fsp3) is 0.304. The predicted molar refractivity (Wildman–Crippen MR) is 106 cm³/mol. The maximum atomic E-state index is 12.8. The van der Waals surface area contributed by atoms with Gasteiger partial charge in [-0.2, -0.15) is 0 Å². The molecule has 3 heterocycles. The van der Waals surface area contributed by atoms with Gasteiger partial charge in [0.05, 0.1) is 18.3 Å². The molecule has 1 amide bonds. The fourth-order valence-corrected chi connectivity index (χ4v) is 4.65. The smallest absolute Gasteiger partial charge is 0.337 e. The molecule has 0 radical (unpaired) electrons. The van der Waals surface area contributed by atoms with E-state index >= 15 is 0 Å². The fourth-order valence-electron chi connectivity index (χ4n) is 4.65. The van der Waals surface area contributed by atoms with E-state index in [-0.39, 0.29) is 17.3 Å². The molecule has 0 aliphatic carbocycles. The Morgan fingerprint density at radius 2 is 1.77 bits per heavy atom. The first-order valence-corrected chi connectivity index (χ1v) is 9.78. The van der Waals surface area contributed by atoms with Gasteiger partial charge in [-0.15, -0.1) is 0 Å². The summed E-state index contributed by atoms with van der Waals surface area (Å²) in [6, 6.07) is 19.0. The number of benzene rings is 2. The molecule has 5 atom stereocenters. The first-order valence-electron chi connectivity index (χ1n) is 9.78. The molecular formula is C23H21NO6. The van der Waals surface area contributed by atoms with Crippen LogP contribution in [0.2, 0.25) is 0 Å². The molecular weight excluding hydrogens is 386 g/mol. The lowest BCUT2D eigenvalue weighted by Gasteiger charge is -2.36. The predicted octanol–water partition coefficient (Wildman–Crippen LogP) is 1.55. The molecule has 2 bridgehead atoms. The number of ether oxygens (including phenoxy) is 4. The van der Waals surface area contributed by atoms with Crippen molar-refractivity contribution in [1.82, 2.24) is 0 Å². The molecule has 0 spiro atoms. The maximum Gasteiger partial charge on any atom is 0.337 e. The normalized spacial score (nSPS) is 29.3. The molecule has 2 fully saturated rings. The van der Waals surface area contributed by atoms with Crippen molar-refractivity contribution in [2.45, 2.75) is 36.4 Å². The zero-order chi connectivity index (χ0) is 20.9. The number of fused-ring (bicyclic) bond motifs is 5. The van der Waals surface area contributed by atoms with E-state index in [0.29, 0.717) is 12.2 Å². The third-order valence-electron chi connectivity index (χ3n) is 5.93. The van der Waals surface area contributed by atoms with Crippen LogP contribution in [-0.2, 0) is 30.2 Å². The first kappa shape index (κ1) is 18.8. The van der Waals surface area contributed by atoms with Crippen molar-refractivity contribution in [2.24, 2.45) is 5.73 Å². The van der Waals surface area contributed by atoms with Crippen molar-refractivity contribution in [3.05, 3.63) is 77.4 Å². The monoisotopic (exact) mass is 407 g/mol. The van der Waals surface area contributed by atoms with E-state index in [1.54, 1.807) is 0 Å². The average Bonchev–Trinajstić information content (AvgIpc) is 3.42. The number of methoxy groups -OCH3 is 1. The van der Waals surface area contributed by atoms with Crippen LogP contribution in [0.1, 0.15) is 5.56 Å². The lowest BCUT2D eigenvalue weighted by molar-refractivity contribution is -0.144. The summed E-state index contributed by atoms with van der Waals surface area (Å²) in [5.41, 5.74) is 5.58. The van der Waals surface area contributed by atoms with Crippen molar-refractivity contribution in [3.63, 3.8) is 0 Å². The molecule has 2 aromatic rings. The number of epoxide rings is 1. The van der Waals surface area contributed by atoms with Crippen molar-refractivity contribution >= 4 is 11.9 Å². The molecule has 154 valence electrons. The van der Waals surface area contributed by atoms with Crippen LogP contribution in [0.25, 0.3) is 0 Å². The van der Waals surface area contributed by atoms with Gasteiger partial charge in [0, 0.05) is 6.42 Å². The lowest BCUT2D eigenvalue weighted by Crippen LogP contribution is -2.54. The van der Waals surface area contributed by atoms with Crippen LogP contribution < -0.4 is 10.5 Å². The molecule has 5 rings (SSSR count). The van der Waals surface area contributed by atoms with Gasteiger partial charge in [0.1, 0.15) is 30.2 Å². The van der Waals surface area contributed by atoms with Crippen LogP contribution in [0.15, 0.2) is 71.8 Å². The Labute approximate surface area is 173 Å². The van der Waals surface area contributed by atoms with Crippen molar-refractivity contribution in [1.29, 1.82) is 0 Å². The molecule has 2 N–H and O–H groups in total. The Kier molecular flexibility index (Phi) is 4.38. The number of esters is 1. The Morgan fingerprint density at radius 3 is 2.40 bits per heavy atom. The summed E-state index contributed by atoms with van der Waals surface area (Å²) in [5.74, 6) is -0.752. The standard InChI is InChI=1S/C23H21NO6/c1-27-22(26)17-16(21(24)25)18-19-20(29-19)23(17,30-18)15(12-13-8-4-2-5-9-13)28-14-10-6-3-7-11-14/h2-11,15,18-20H,12H2,1H3,(H2,24,25). The highest BCUT2D eigenvalue weighted by Crippen LogP contribution is 2.60. The van der Waals surface area contributed by atoms with E-state index in [4.69, 9.17) is 24.7 Å². The van der Waals surface area contributed by atoms with Gasteiger partial charge in [-0.25, -0.2) is 4.79 Å². The number of nitrogens with two attached hydrogens (primary N) is 1. The van der Waals surface area contributed by atoms with Crippen LogP contribution >= 0.6 is 0 Å². The molecule has 3 aliphatic rings. The minimum absolute atomic E-state index is 0.109. The summed E-state index contributed by atoms with van der Waals surface area (Å²) in [6.45, 7) is 0. The quantitative estimate of drug-likeness (QED) is 0.552. The maximum absolute atomic E-state index is 12.8. The van der Waals surface area contributed by atoms with E-state index in [9.17, 15) is 9.59 Å². The minimum atomic E-state index is -1.28. The summed E-state index contributed by atoms with van der Waals surface area (Å²) < 4.78 is 23.5. The van der Waals surface area contributed by atoms with Crippen molar-refractivity contribution in [3.8, 4) is 5.75 Å². The van der Waals surface area contributed by atoms with Crippen molar-refractivity contribution < 1.29 is 28.5 Å². The van der Waals surface area contributed by atoms with E-state index in [1.807, 2.05) is 60.7 Å². The summed E-state index contributed by atoms with van der Waals surface area (Å²) in [6.07, 6.45) is -1.63. The minimum Gasteiger partial charge on any atom is -0.487 e. The van der Waals surface area contributed by atoms with Gasteiger partial charge in [0.25, 0.3) is 0 Å². The summed E-state index contributed by atoms with van der Waals surface area (Å²) in [7, 11) is 1.27. The van der Waals surface area contributed by atoms with Crippen LogP contribution in [0.5, 0.6) is 5.75 Å². The van der Waals surface area contributed by atoms with E-state index in [0.717, 1.165) is 5.56 Å². The molecule has 2 saturated heterocycles. The number of para-hydroxylation sites is 1. The first-order chi connectivity index (χ1) is 14.6. The van der Waals surface area contributed by atoms with Crippen LogP contribution in [0, 0.1) is 0 Å². The summed E-state index contributed by atoms with van der Waals surface area (Å²) in [5, 5.41) is 0. The van der Waals surface area contributed by atoms with Gasteiger partial charge in [-0.3, -0.25) is 4.79 Å². The molecule has 7 nitrogen and oxygen atoms in total. The Bertz CT molecular complexity index is 979. The highest BCUT2D eigenvalue weighted by Gasteiger charge is 2.78. The lowest BCUT2D eigenvalue weighted by atomic mass is 9.76. The zero-order valence-electron chi connectivity index (χ0n) is 16.3. The second-order valence-electron chi connectivity index (χ2n) is 7.61. The van der Waals surface area contributed by atoms with Gasteiger partial charge in [0.2, 0.25) is 5.91 Å². The van der Waals surface area contributed by atoms with Crippen LogP contribution in [-0.4, -0.2) is 49.0 Å². The number of carbonyl (C=O) groups is 2. The number of rotatable bonds is 7. The topological polar surface area (TPSA) is 100 Å². The van der Waals surface area contributed by atoms with Crippen LogP contribution in [0.3, 0.4) is 0 Å². The number of hydrogen-bond donors (Lipinski definition) is 1. The summed E-state index contributed by atoms with van der Waals surface area (Å²) in [4.78, 5) is 25.1. The number of hydrogen-bond acceptors (Lipinski definition) is 6. The molecule has 0 saturated carbocycles. The number of carbonyl (C=O) groups excluding carboxylic acids is 2. The average molecular weight is 407 g/mol. The zero-order valence-corrected chi connectivity index (χ0v) is 16.3. The Morgan fingerprint density at radius 1 is 1.10 bits per heavy atom. The molecule has 2 aromatic carbocycles. The van der Waals surface area contributed by atoms with Gasteiger partial charge in [0.15, 0.2) is 5.60 Å². The molecule has 30 heavy (non-hydrogen) atoms. The largest absolute Gasteiger partial charge is 0.487 e. The third kappa shape index (κ3) is 2.74. The number of amides is 1. The third-order valence-corrected chi connectivity index (χ3v) is 5.93. The second kappa shape index (κ2) is 6.97. The highest BCUT2D eigenvalue weighted by atomic mass is 16.7. The van der Waals surface area contributed by atoms with E-state index in [1.165, 1.54) is 7.11 Å². The van der Waals surface area contributed by atoms with Gasteiger partial charge in [-0.1, -0.05) is 48.5 Å². The second-order valence-corrected chi connectivity index (χ2v) is 7.61. The van der Waals surface area contributed by atoms with E-state index < -0.39 is 35.8 Å².